The topological polar surface area (TPSA) is 63.4 Å². The molecule has 4 heteroatoms. The van der Waals surface area contributed by atoms with E-state index in [1.807, 2.05) is 6.07 Å². The number of non-ortho nitro benzene ring substituents is 1. The van der Waals surface area contributed by atoms with E-state index in [1.54, 1.807) is 12.1 Å². The molecule has 0 unspecified atom stereocenters. The average Bonchev–Trinajstić information content (AvgIpc) is 3.04. The van der Waals surface area contributed by atoms with Crippen molar-refractivity contribution in [2.24, 2.45) is 0 Å². The maximum atomic E-state index is 10.4. The third-order valence-electron chi connectivity index (χ3n) is 2.13. The molecule has 0 spiro atoms. The predicted octanol–water partition coefficient (Wildman–Crippen LogP) is 2.08. The molecule has 0 saturated heterocycles. The molecule has 0 amide bonds. The summed E-state index contributed by atoms with van der Waals surface area (Å²) in [6, 6.07) is 6.93. The maximum absolute atomic E-state index is 10.4. The van der Waals surface area contributed by atoms with Gasteiger partial charge in [-0.1, -0.05) is 12.1 Å². The molecule has 1 aromatic carbocycles. The molecule has 0 aliphatic heterocycles. The summed E-state index contributed by atoms with van der Waals surface area (Å²) in [7, 11) is 1.00. The summed E-state index contributed by atoms with van der Waals surface area (Å²) in [6.45, 7) is 0. The summed E-state index contributed by atoms with van der Waals surface area (Å²) in [5, 5.41) is 17.4. The van der Waals surface area contributed by atoms with Crippen LogP contribution >= 0.6 is 0 Å². The van der Waals surface area contributed by atoms with Gasteiger partial charge in [0.15, 0.2) is 0 Å². The Labute approximate surface area is 82.3 Å². The van der Waals surface area contributed by atoms with Gasteiger partial charge in [0.2, 0.25) is 0 Å². The van der Waals surface area contributed by atoms with Crippen LogP contribution in [0, 0.1) is 10.1 Å². The molecule has 0 radical (unpaired) electrons. The van der Waals surface area contributed by atoms with Crippen molar-refractivity contribution in [3.05, 3.63) is 39.9 Å². The van der Waals surface area contributed by atoms with E-state index in [0.29, 0.717) is 5.92 Å². The fourth-order valence-electron chi connectivity index (χ4n) is 1.31. The largest absolute Gasteiger partial charge is 0.400 e. The van der Waals surface area contributed by atoms with E-state index in [1.165, 1.54) is 18.9 Å². The highest BCUT2D eigenvalue weighted by atomic mass is 16.6. The third-order valence-corrected chi connectivity index (χ3v) is 2.13. The van der Waals surface area contributed by atoms with Crippen LogP contribution in [0.2, 0.25) is 0 Å². The van der Waals surface area contributed by atoms with Gasteiger partial charge in [0, 0.05) is 19.2 Å². The summed E-state index contributed by atoms with van der Waals surface area (Å²) in [6.07, 6.45) is 2.36. The molecule has 1 saturated carbocycles. The fourth-order valence-corrected chi connectivity index (χ4v) is 1.31. The van der Waals surface area contributed by atoms with Crippen LogP contribution in [-0.2, 0) is 0 Å². The molecular formula is C10H13NO3. The fraction of sp³-hybridized carbons (Fsp3) is 0.400. The Morgan fingerprint density at radius 1 is 1.43 bits per heavy atom. The van der Waals surface area contributed by atoms with Gasteiger partial charge in [0.25, 0.3) is 5.69 Å². The second-order valence-electron chi connectivity index (χ2n) is 3.13. The standard InChI is InChI=1S/C9H9NO2.CH4O/c11-10(12)9-3-1-2-8(6-9)7-4-5-7;1-2/h1-3,6-7H,4-5H2;2H,1H3. The quantitative estimate of drug-likeness (QED) is 0.580. The first-order chi connectivity index (χ1) is 6.77. The second kappa shape index (κ2) is 4.72. The van der Waals surface area contributed by atoms with Gasteiger partial charge < -0.3 is 5.11 Å². The Kier molecular flexibility index (Phi) is 3.59. The minimum Gasteiger partial charge on any atom is -0.400 e. The predicted molar refractivity (Wildman–Crippen MR) is 53.2 cm³/mol. The highest BCUT2D eigenvalue weighted by Crippen LogP contribution is 2.40. The van der Waals surface area contributed by atoms with E-state index < -0.39 is 0 Å². The molecule has 0 atom stereocenters. The Morgan fingerprint density at radius 3 is 2.57 bits per heavy atom. The van der Waals surface area contributed by atoms with Gasteiger partial charge in [0.05, 0.1) is 4.92 Å². The van der Waals surface area contributed by atoms with Gasteiger partial charge in [-0.25, -0.2) is 0 Å². The molecule has 0 aromatic heterocycles. The van der Waals surface area contributed by atoms with Gasteiger partial charge in [-0.15, -0.1) is 0 Å². The van der Waals surface area contributed by atoms with Gasteiger partial charge in [-0.2, -0.15) is 0 Å². The molecule has 0 heterocycles. The first-order valence-corrected chi connectivity index (χ1v) is 4.46. The van der Waals surface area contributed by atoms with E-state index in [9.17, 15) is 10.1 Å². The molecule has 14 heavy (non-hydrogen) atoms. The van der Waals surface area contributed by atoms with Crippen LogP contribution < -0.4 is 0 Å². The van der Waals surface area contributed by atoms with E-state index >= 15 is 0 Å². The Balaban J connectivity index is 0.000000461. The molecule has 2 rings (SSSR count). The number of nitro benzene ring substituents is 1. The van der Waals surface area contributed by atoms with Gasteiger partial charge >= 0.3 is 0 Å². The number of rotatable bonds is 2. The van der Waals surface area contributed by atoms with Crippen LogP contribution in [0.4, 0.5) is 5.69 Å². The zero-order chi connectivity index (χ0) is 10.6. The van der Waals surface area contributed by atoms with Crippen molar-refractivity contribution < 1.29 is 10.0 Å². The normalized spacial score (nSPS) is 14.1. The molecule has 1 aromatic rings. The summed E-state index contributed by atoms with van der Waals surface area (Å²) in [4.78, 5) is 10.1. The highest BCUT2D eigenvalue weighted by Gasteiger charge is 2.24. The number of aliphatic hydroxyl groups is 1. The zero-order valence-corrected chi connectivity index (χ0v) is 8.01. The number of aliphatic hydroxyl groups excluding tert-OH is 1. The van der Waals surface area contributed by atoms with E-state index in [-0.39, 0.29) is 10.6 Å². The van der Waals surface area contributed by atoms with Crippen LogP contribution in [0.15, 0.2) is 24.3 Å². The smallest absolute Gasteiger partial charge is 0.269 e. The monoisotopic (exact) mass is 195 g/mol. The van der Waals surface area contributed by atoms with Crippen molar-refractivity contribution in [3.63, 3.8) is 0 Å². The van der Waals surface area contributed by atoms with Crippen molar-refractivity contribution in [2.75, 3.05) is 7.11 Å². The van der Waals surface area contributed by atoms with Crippen LogP contribution in [0.3, 0.4) is 0 Å². The van der Waals surface area contributed by atoms with E-state index in [0.717, 1.165) is 12.7 Å². The van der Waals surface area contributed by atoms with E-state index in [4.69, 9.17) is 5.11 Å². The lowest BCUT2D eigenvalue weighted by atomic mass is 10.1. The van der Waals surface area contributed by atoms with Crippen molar-refractivity contribution in [3.8, 4) is 0 Å². The van der Waals surface area contributed by atoms with Crippen molar-refractivity contribution >= 4 is 5.69 Å². The zero-order valence-electron chi connectivity index (χ0n) is 8.01. The van der Waals surface area contributed by atoms with Gasteiger partial charge in [-0.05, 0) is 24.3 Å². The molecule has 1 aliphatic carbocycles. The Hall–Kier alpha value is -1.42. The summed E-state index contributed by atoms with van der Waals surface area (Å²) >= 11 is 0. The average molecular weight is 195 g/mol. The number of hydrogen-bond donors (Lipinski definition) is 1. The van der Waals surface area contributed by atoms with Gasteiger partial charge in [-0.3, -0.25) is 10.1 Å². The maximum Gasteiger partial charge on any atom is 0.269 e. The van der Waals surface area contributed by atoms with Crippen LogP contribution in [0.1, 0.15) is 24.3 Å². The number of nitrogens with zero attached hydrogens (tertiary/aromatic N) is 1. The van der Waals surface area contributed by atoms with Crippen LogP contribution in [0.25, 0.3) is 0 Å². The summed E-state index contributed by atoms with van der Waals surface area (Å²) in [5.74, 6) is 0.588. The Morgan fingerprint density at radius 2 is 2.07 bits per heavy atom. The molecule has 1 N–H and O–H groups in total. The third kappa shape index (κ3) is 2.53. The summed E-state index contributed by atoms with van der Waals surface area (Å²) in [5.41, 5.74) is 1.32. The SMILES string of the molecule is CO.O=[N+]([O-])c1cccc(C2CC2)c1. The van der Waals surface area contributed by atoms with Crippen molar-refractivity contribution in [1.82, 2.24) is 0 Å². The molecule has 76 valence electrons. The highest BCUT2D eigenvalue weighted by molar-refractivity contribution is 5.37. The first kappa shape index (κ1) is 10.7. The molecule has 1 fully saturated rings. The minimum atomic E-state index is -0.341. The van der Waals surface area contributed by atoms with Crippen LogP contribution in [0.5, 0.6) is 0 Å². The lowest BCUT2D eigenvalue weighted by molar-refractivity contribution is -0.384. The first-order valence-electron chi connectivity index (χ1n) is 4.46. The summed E-state index contributed by atoms with van der Waals surface area (Å²) < 4.78 is 0. The van der Waals surface area contributed by atoms with Crippen LogP contribution in [-0.4, -0.2) is 17.1 Å². The number of nitro groups is 1. The van der Waals surface area contributed by atoms with Gasteiger partial charge in [0.1, 0.15) is 0 Å². The Bertz CT molecular complexity index is 321. The van der Waals surface area contributed by atoms with Crippen molar-refractivity contribution in [1.29, 1.82) is 0 Å². The molecule has 1 aliphatic rings. The molecule has 0 bridgehead atoms. The number of benzene rings is 1. The molecular weight excluding hydrogens is 182 g/mol. The van der Waals surface area contributed by atoms with E-state index in [2.05, 4.69) is 0 Å². The van der Waals surface area contributed by atoms with Crippen molar-refractivity contribution in [2.45, 2.75) is 18.8 Å². The molecule has 4 nitrogen and oxygen atoms in total. The minimum absolute atomic E-state index is 0.208. The second-order valence-corrected chi connectivity index (χ2v) is 3.13. The lowest BCUT2D eigenvalue weighted by Gasteiger charge is -1.96. The lowest BCUT2D eigenvalue weighted by Crippen LogP contribution is -1.88. The number of hydrogen-bond acceptors (Lipinski definition) is 3.